The van der Waals surface area contributed by atoms with Crippen molar-refractivity contribution in [2.75, 3.05) is 0 Å². The Morgan fingerprint density at radius 1 is 0.760 bits per heavy atom. The summed E-state index contributed by atoms with van der Waals surface area (Å²) in [5.74, 6) is 0. The number of hydrogen-bond acceptors (Lipinski definition) is 2. The maximum absolute atomic E-state index is 11.2. The van der Waals surface area contributed by atoms with E-state index in [-0.39, 0.29) is 26.8 Å². The third-order valence-electron chi connectivity index (χ3n) is 2.54. The fraction of sp³-hybridized carbons (Fsp3) is 0. The number of fused-ring (bicyclic) bond motifs is 1. The van der Waals surface area contributed by atoms with Crippen LogP contribution in [-0.2, 0) is 0 Å². The van der Waals surface area contributed by atoms with Gasteiger partial charge in [0.15, 0.2) is 7.14 Å². The van der Waals surface area contributed by atoms with E-state index < -0.39 is 7.81 Å². The molecule has 0 aliphatic rings. The van der Waals surface area contributed by atoms with Crippen LogP contribution in [0.4, 0.5) is 25.2 Å². The summed E-state index contributed by atoms with van der Waals surface area (Å²) < 4.78 is 67.0. The van der Waals surface area contributed by atoms with Gasteiger partial charge in [0, 0.05) is 17.5 Å². The van der Waals surface area contributed by atoms with Crippen LogP contribution in [0, 0.1) is 7.14 Å². The molecule has 1 aromatic heterocycles. The largest absolute Gasteiger partial charge is 0.423 e. The first-order valence-electron chi connectivity index (χ1n) is 6.56. The molecule has 2 nitrogen and oxygen atoms in total. The first-order chi connectivity index (χ1) is 11.3. The number of hydrogen-bond donors (Lipinski definition) is 0. The Labute approximate surface area is 148 Å². The Kier molecular flexibility index (Phi) is 4.95. The van der Waals surface area contributed by atoms with Gasteiger partial charge < -0.3 is 4.42 Å². The average Bonchev–Trinajstić information content (AvgIpc) is 2.44. The van der Waals surface area contributed by atoms with E-state index in [9.17, 15) is 30.0 Å². The summed E-state index contributed by atoms with van der Waals surface area (Å²) in [5, 5.41) is 0.968. The first-order valence-corrected chi connectivity index (χ1v) is 10.7. The second-order valence-corrected chi connectivity index (χ2v) is 9.73. The van der Waals surface area contributed by atoms with Crippen molar-refractivity contribution in [2.24, 2.45) is 0 Å². The molecule has 3 aromatic rings. The van der Waals surface area contributed by atoms with Gasteiger partial charge >= 0.3 is 59.8 Å². The molecule has 25 heavy (non-hydrogen) atoms. The van der Waals surface area contributed by atoms with Gasteiger partial charge in [-0.05, 0) is 30.3 Å². The Balaban J connectivity index is 0.000000277. The van der Waals surface area contributed by atoms with E-state index in [1.165, 1.54) is 13.2 Å². The zero-order chi connectivity index (χ0) is 18.8. The van der Waals surface area contributed by atoms with Gasteiger partial charge in [-0.1, -0.05) is 18.2 Å². The summed E-state index contributed by atoms with van der Waals surface area (Å²) in [6, 6.07) is 19.8. The number of rotatable bonds is 2. The molecule has 0 aliphatic heterocycles. The molecular weight excluding hydrogens is 484 g/mol. The van der Waals surface area contributed by atoms with Gasteiger partial charge in [0.25, 0.3) is 0 Å². The van der Waals surface area contributed by atoms with Crippen molar-refractivity contribution < 1.29 is 50.8 Å². The zero-order valence-electron chi connectivity index (χ0n) is 12.2. The molecule has 2 aromatic carbocycles. The topological polar surface area (TPSA) is 30.2 Å². The molecular formula is C15H10F6IO2P. The van der Waals surface area contributed by atoms with Crippen LogP contribution < -0.4 is 26.8 Å². The van der Waals surface area contributed by atoms with Crippen molar-refractivity contribution in [3.05, 3.63) is 78.2 Å². The fourth-order valence-electron chi connectivity index (χ4n) is 1.70. The van der Waals surface area contributed by atoms with E-state index in [0.29, 0.717) is 5.58 Å². The van der Waals surface area contributed by atoms with Crippen LogP contribution in [0.2, 0.25) is 0 Å². The molecule has 3 rings (SSSR count). The second kappa shape index (κ2) is 6.28. The van der Waals surface area contributed by atoms with E-state index in [2.05, 4.69) is 30.3 Å². The summed E-state index contributed by atoms with van der Waals surface area (Å²) in [5.41, 5.74) is 0.383. The van der Waals surface area contributed by atoms with Gasteiger partial charge in [0.2, 0.25) is 0 Å². The minimum atomic E-state index is -10.7. The Bertz CT molecular complexity index is 928. The summed E-state index contributed by atoms with van der Waals surface area (Å²) >= 11 is -0.218. The first kappa shape index (κ1) is 19.7. The van der Waals surface area contributed by atoms with Gasteiger partial charge in [0.05, 0.1) is 0 Å². The molecule has 0 atom stereocenters. The normalized spacial score (nSPS) is 14.2. The van der Waals surface area contributed by atoms with Crippen LogP contribution >= 0.6 is 7.81 Å². The van der Waals surface area contributed by atoms with Crippen LogP contribution in [0.5, 0.6) is 0 Å². The average molecular weight is 494 g/mol. The summed E-state index contributed by atoms with van der Waals surface area (Å²) in [4.78, 5) is 11.2. The van der Waals surface area contributed by atoms with E-state index in [4.69, 9.17) is 4.42 Å². The maximum atomic E-state index is 11.2. The summed E-state index contributed by atoms with van der Waals surface area (Å²) in [7, 11) is -10.7. The molecule has 1 heterocycles. The smallest absolute Gasteiger partial charge is 0.358 e. The zero-order valence-corrected chi connectivity index (χ0v) is 15.2. The molecule has 0 saturated carbocycles. The van der Waals surface area contributed by atoms with Gasteiger partial charge in [-0.2, -0.15) is 0 Å². The van der Waals surface area contributed by atoms with Gasteiger partial charge in [0.1, 0.15) is 5.58 Å². The molecule has 136 valence electrons. The predicted octanol–water partition coefficient (Wildman–Crippen LogP) is 3.30. The van der Waals surface area contributed by atoms with Gasteiger partial charge in [-0.15, -0.1) is 0 Å². The Hall–Kier alpha value is -1.61. The molecule has 0 aliphatic carbocycles. The molecule has 0 radical (unpaired) electrons. The molecule has 0 spiro atoms. The van der Waals surface area contributed by atoms with Crippen molar-refractivity contribution in [3.8, 4) is 0 Å². The van der Waals surface area contributed by atoms with Crippen LogP contribution in [0.15, 0.2) is 69.9 Å². The number of halogens is 7. The fourth-order valence-corrected chi connectivity index (χ4v) is 3.99. The quantitative estimate of drug-likeness (QED) is 0.237. The van der Waals surface area contributed by atoms with Crippen LogP contribution in [0.1, 0.15) is 0 Å². The van der Waals surface area contributed by atoms with Crippen molar-refractivity contribution in [3.63, 3.8) is 0 Å². The molecule has 0 amide bonds. The van der Waals surface area contributed by atoms with Crippen molar-refractivity contribution in [1.82, 2.24) is 0 Å². The molecule has 0 fully saturated rings. The van der Waals surface area contributed by atoms with E-state index >= 15 is 0 Å². The van der Waals surface area contributed by atoms with Crippen molar-refractivity contribution >= 4 is 18.8 Å². The third kappa shape index (κ3) is 8.87. The molecule has 0 N–H and O–H groups in total. The molecule has 10 heteroatoms. The summed E-state index contributed by atoms with van der Waals surface area (Å²) in [6.45, 7) is 0. The van der Waals surface area contributed by atoms with Gasteiger partial charge in [-0.25, -0.2) is 4.79 Å². The molecule has 0 bridgehead atoms. The molecule has 0 saturated heterocycles. The van der Waals surface area contributed by atoms with Crippen molar-refractivity contribution in [1.29, 1.82) is 0 Å². The minimum Gasteiger partial charge on any atom is -0.423 e. The van der Waals surface area contributed by atoms with E-state index in [1.54, 1.807) is 6.07 Å². The van der Waals surface area contributed by atoms with Crippen LogP contribution in [-0.4, -0.2) is 0 Å². The van der Waals surface area contributed by atoms with Gasteiger partial charge in [-0.3, -0.25) is 0 Å². The number of benzene rings is 2. The predicted molar refractivity (Wildman–Crippen MR) is 79.9 cm³/mol. The van der Waals surface area contributed by atoms with Crippen molar-refractivity contribution in [2.45, 2.75) is 0 Å². The standard InChI is InChI=1S/C15H10IO2.F6P/c17-15-9-7-11-6-8-13(10-14(11)18-15)16-12-4-2-1-3-5-12;1-7(2,3,4,5)6/h1-10H;/q+1;-1. The summed E-state index contributed by atoms with van der Waals surface area (Å²) in [6.07, 6.45) is 0. The minimum absolute atomic E-state index is 0.218. The second-order valence-electron chi connectivity index (χ2n) is 4.78. The molecule has 0 unspecified atom stereocenters. The Morgan fingerprint density at radius 3 is 1.92 bits per heavy atom. The SMILES string of the molecule is F[P-](F)(F)(F)(F)F.O=c1ccc2ccc([I+]c3ccccc3)cc2o1. The monoisotopic (exact) mass is 494 g/mol. The third-order valence-corrected chi connectivity index (χ3v) is 5.17. The van der Waals surface area contributed by atoms with E-state index in [0.717, 1.165) is 5.39 Å². The van der Waals surface area contributed by atoms with Crippen LogP contribution in [0.25, 0.3) is 11.0 Å². The maximum Gasteiger partial charge on any atom is 0.358 e. The Morgan fingerprint density at radius 2 is 1.32 bits per heavy atom. The van der Waals surface area contributed by atoms with E-state index in [1.807, 2.05) is 18.2 Å². The van der Waals surface area contributed by atoms with Crippen LogP contribution in [0.3, 0.4) is 0 Å².